The Morgan fingerprint density at radius 2 is 2.10 bits per heavy atom. The number of amides is 1. The van der Waals surface area contributed by atoms with E-state index in [2.05, 4.69) is 4.98 Å². The number of ketones is 1. The summed E-state index contributed by atoms with van der Waals surface area (Å²) in [5.41, 5.74) is 0.323. The molecule has 1 amide bonds. The normalized spacial score (nSPS) is 10.6. The van der Waals surface area contributed by atoms with Crippen LogP contribution in [0.5, 0.6) is 5.75 Å². The quantitative estimate of drug-likeness (QED) is 0.687. The third kappa shape index (κ3) is 2.24. The molecule has 1 aromatic heterocycles. The number of Topliss-reactive ketones (excluding diaryl/α,β-unsaturated/α-hetero) is 1. The fourth-order valence-corrected chi connectivity index (χ4v) is 1.90. The highest BCUT2D eigenvalue weighted by Crippen LogP contribution is 2.27. The number of hydrogen-bond acceptors (Lipinski definition) is 3. The highest BCUT2D eigenvalue weighted by Gasteiger charge is 2.23. The summed E-state index contributed by atoms with van der Waals surface area (Å²) in [6.07, 6.45) is 1.34. The summed E-state index contributed by atoms with van der Waals surface area (Å²) < 4.78 is 18.8. The monoisotopic (exact) mass is 278 g/mol. The van der Waals surface area contributed by atoms with Crippen LogP contribution in [-0.4, -0.2) is 42.3 Å². The van der Waals surface area contributed by atoms with Gasteiger partial charge in [0, 0.05) is 31.2 Å². The Bertz CT molecular complexity index is 678. The van der Waals surface area contributed by atoms with Gasteiger partial charge in [-0.3, -0.25) is 9.59 Å². The lowest BCUT2D eigenvalue weighted by Gasteiger charge is -2.12. The first-order valence-electron chi connectivity index (χ1n) is 6.14. The number of aromatic nitrogens is 1. The summed E-state index contributed by atoms with van der Waals surface area (Å²) in [4.78, 5) is 28.0. The van der Waals surface area contributed by atoms with Gasteiger partial charge in [0.05, 0.1) is 18.2 Å². The van der Waals surface area contributed by atoms with Gasteiger partial charge in [0.25, 0.3) is 11.7 Å². The minimum Gasteiger partial charge on any atom is -0.497 e. The summed E-state index contributed by atoms with van der Waals surface area (Å²) in [7, 11) is 2.95. The number of nitrogens with one attached hydrogen (secondary N) is 1. The lowest BCUT2D eigenvalue weighted by atomic mass is 10.1. The van der Waals surface area contributed by atoms with E-state index in [0.29, 0.717) is 17.7 Å². The topological polar surface area (TPSA) is 62.4 Å². The average molecular weight is 278 g/mol. The number of H-pyrrole nitrogens is 1. The Morgan fingerprint density at radius 1 is 1.40 bits per heavy atom. The number of halogens is 1. The predicted octanol–water partition coefficient (Wildman–Crippen LogP) is 1.98. The third-order valence-corrected chi connectivity index (χ3v) is 3.21. The maximum absolute atomic E-state index is 13.8. The molecule has 1 heterocycles. The van der Waals surface area contributed by atoms with Gasteiger partial charge in [0.15, 0.2) is 5.82 Å². The maximum Gasteiger partial charge on any atom is 0.294 e. The second-order valence-electron chi connectivity index (χ2n) is 4.38. The molecule has 0 atom stereocenters. The van der Waals surface area contributed by atoms with E-state index in [-0.39, 0.29) is 11.1 Å². The van der Waals surface area contributed by atoms with E-state index in [1.165, 1.54) is 37.4 Å². The number of aromatic amines is 1. The molecular weight excluding hydrogens is 263 g/mol. The second kappa shape index (κ2) is 5.32. The van der Waals surface area contributed by atoms with Crippen molar-refractivity contribution >= 4 is 22.6 Å². The fourth-order valence-electron chi connectivity index (χ4n) is 1.90. The largest absolute Gasteiger partial charge is 0.497 e. The number of fused-ring (bicyclic) bond motifs is 1. The summed E-state index contributed by atoms with van der Waals surface area (Å²) in [6.45, 7) is 2.19. The second-order valence-corrected chi connectivity index (χ2v) is 4.38. The van der Waals surface area contributed by atoms with Gasteiger partial charge in [-0.05, 0) is 13.0 Å². The van der Waals surface area contributed by atoms with Gasteiger partial charge in [0.1, 0.15) is 5.75 Å². The van der Waals surface area contributed by atoms with Crippen LogP contribution in [0.1, 0.15) is 17.3 Å². The van der Waals surface area contributed by atoms with Crippen molar-refractivity contribution in [3.63, 3.8) is 0 Å². The highest BCUT2D eigenvalue weighted by molar-refractivity contribution is 6.44. The van der Waals surface area contributed by atoms with Gasteiger partial charge in [-0.15, -0.1) is 0 Å². The van der Waals surface area contributed by atoms with Crippen LogP contribution in [0.2, 0.25) is 0 Å². The van der Waals surface area contributed by atoms with Crippen LogP contribution in [0.3, 0.4) is 0 Å². The van der Waals surface area contributed by atoms with Gasteiger partial charge in [-0.25, -0.2) is 4.39 Å². The Morgan fingerprint density at radius 3 is 2.70 bits per heavy atom. The molecule has 5 nitrogen and oxygen atoms in total. The molecule has 1 aromatic carbocycles. The Kier molecular flexibility index (Phi) is 3.74. The summed E-state index contributed by atoms with van der Waals surface area (Å²) in [5, 5.41) is 0.338. The SMILES string of the molecule is CCN(C)C(=O)C(=O)c1c[nH]c2c(F)cc(OC)cc12. The molecule has 0 aliphatic rings. The van der Waals surface area contributed by atoms with Crippen LogP contribution < -0.4 is 4.74 Å². The van der Waals surface area contributed by atoms with Crippen molar-refractivity contribution in [2.75, 3.05) is 20.7 Å². The third-order valence-electron chi connectivity index (χ3n) is 3.21. The lowest BCUT2D eigenvalue weighted by Crippen LogP contribution is -2.32. The van der Waals surface area contributed by atoms with Crippen LogP contribution in [-0.2, 0) is 4.79 Å². The fraction of sp³-hybridized carbons (Fsp3) is 0.286. The predicted molar refractivity (Wildman–Crippen MR) is 72.5 cm³/mol. The van der Waals surface area contributed by atoms with Crippen LogP contribution in [0.25, 0.3) is 10.9 Å². The zero-order chi connectivity index (χ0) is 14.9. The van der Waals surface area contributed by atoms with E-state index in [0.717, 1.165) is 0 Å². The van der Waals surface area contributed by atoms with Crippen LogP contribution >= 0.6 is 0 Å². The van der Waals surface area contributed by atoms with E-state index in [1.807, 2.05) is 0 Å². The molecule has 0 saturated carbocycles. The molecule has 106 valence electrons. The zero-order valence-corrected chi connectivity index (χ0v) is 11.5. The van der Waals surface area contributed by atoms with Crippen molar-refractivity contribution in [1.29, 1.82) is 0 Å². The Balaban J connectivity index is 2.53. The van der Waals surface area contributed by atoms with E-state index in [4.69, 9.17) is 4.74 Å². The van der Waals surface area contributed by atoms with Gasteiger partial charge in [-0.2, -0.15) is 0 Å². The number of hydrogen-bond donors (Lipinski definition) is 1. The molecule has 0 saturated heterocycles. The molecular formula is C14H15FN2O3. The van der Waals surface area contributed by atoms with Crippen molar-refractivity contribution < 1.29 is 18.7 Å². The molecule has 0 spiro atoms. The van der Waals surface area contributed by atoms with Crippen molar-refractivity contribution in [3.05, 3.63) is 29.7 Å². The molecule has 1 N–H and O–H groups in total. The van der Waals surface area contributed by atoms with Gasteiger partial charge >= 0.3 is 0 Å². The minimum atomic E-state index is -0.673. The molecule has 0 aliphatic heterocycles. The maximum atomic E-state index is 13.8. The molecule has 2 rings (SSSR count). The highest BCUT2D eigenvalue weighted by atomic mass is 19.1. The van der Waals surface area contributed by atoms with Crippen molar-refractivity contribution in [2.24, 2.45) is 0 Å². The molecule has 0 fully saturated rings. The number of rotatable bonds is 4. The number of benzene rings is 1. The molecule has 0 unspecified atom stereocenters. The van der Waals surface area contributed by atoms with Crippen LogP contribution in [0, 0.1) is 5.82 Å². The van der Waals surface area contributed by atoms with Crippen LogP contribution in [0.15, 0.2) is 18.3 Å². The Labute approximate surface area is 115 Å². The van der Waals surface area contributed by atoms with E-state index in [9.17, 15) is 14.0 Å². The number of nitrogens with zero attached hydrogens (tertiary/aromatic N) is 1. The van der Waals surface area contributed by atoms with Gasteiger partial charge in [0.2, 0.25) is 0 Å². The van der Waals surface area contributed by atoms with Crippen LogP contribution in [0.4, 0.5) is 4.39 Å². The van der Waals surface area contributed by atoms with Crippen molar-refractivity contribution in [3.8, 4) is 5.75 Å². The van der Waals surface area contributed by atoms with Crippen molar-refractivity contribution in [1.82, 2.24) is 9.88 Å². The van der Waals surface area contributed by atoms with Gasteiger partial charge in [-0.1, -0.05) is 0 Å². The number of carbonyl (C=O) groups excluding carboxylic acids is 2. The molecule has 20 heavy (non-hydrogen) atoms. The summed E-state index contributed by atoms with van der Waals surface area (Å²) in [5.74, 6) is -1.54. The molecule has 0 bridgehead atoms. The standard InChI is InChI=1S/C14H15FN2O3/c1-4-17(2)14(19)13(18)10-7-16-12-9(10)5-8(20-3)6-11(12)15/h5-7,16H,4H2,1-3H3. The molecule has 0 radical (unpaired) electrons. The minimum absolute atomic E-state index is 0.142. The smallest absolute Gasteiger partial charge is 0.294 e. The summed E-state index contributed by atoms with van der Waals surface area (Å²) in [6, 6.07) is 2.74. The van der Waals surface area contributed by atoms with E-state index in [1.54, 1.807) is 6.92 Å². The Hall–Kier alpha value is -2.37. The lowest BCUT2D eigenvalue weighted by molar-refractivity contribution is -0.125. The molecule has 6 heteroatoms. The average Bonchev–Trinajstić information content (AvgIpc) is 2.88. The molecule has 2 aromatic rings. The number of likely N-dealkylation sites (N-methyl/N-ethyl adjacent to an activating group) is 1. The number of methoxy groups -OCH3 is 1. The first kappa shape index (κ1) is 14.0. The summed E-state index contributed by atoms with van der Waals surface area (Å²) >= 11 is 0. The van der Waals surface area contributed by atoms with E-state index >= 15 is 0 Å². The number of carbonyl (C=O) groups is 2. The van der Waals surface area contributed by atoms with Gasteiger partial charge < -0.3 is 14.6 Å². The first-order valence-corrected chi connectivity index (χ1v) is 6.14. The zero-order valence-electron chi connectivity index (χ0n) is 11.5. The van der Waals surface area contributed by atoms with Crippen molar-refractivity contribution in [2.45, 2.75) is 6.92 Å². The number of ether oxygens (including phenoxy) is 1. The molecule has 0 aliphatic carbocycles. The first-order chi connectivity index (χ1) is 9.49. The van der Waals surface area contributed by atoms with E-state index < -0.39 is 17.5 Å².